The average molecular weight is 236 g/mol. The standard InChI is InChI=1S/C16H16N2/c17-11-5-6-12-18-15-9-3-1-7-13(15)14-8-2-4-10-16(14)18/h1-10H,11-12,17H2. The van der Waals surface area contributed by atoms with Crippen LogP contribution in [0.25, 0.3) is 21.8 Å². The maximum Gasteiger partial charge on any atom is 0.0494 e. The van der Waals surface area contributed by atoms with Gasteiger partial charge in [-0.1, -0.05) is 48.6 Å². The van der Waals surface area contributed by atoms with Gasteiger partial charge in [0, 0.05) is 34.9 Å². The molecule has 2 aromatic carbocycles. The molecule has 2 heteroatoms. The molecule has 3 aromatic rings. The van der Waals surface area contributed by atoms with E-state index in [4.69, 9.17) is 5.73 Å². The zero-order valence-corrected chi connectivity index (χ0v) is 10.2. The van der Waals surface area contributed by atoms with Crippen molar-refractivity contribution in [3.63, 3.8) is 0 Å². The van der Waals surface area contributed by atoms with Gasteiger partial charge in [-0.25, -0.2) is 0 Å². The fraction of sp³-hybridized carbons (Fsp3) is 0.125. The van der Waals surface area contributed by atoms with Gasteiger partial charge in [0.05, 0.1) is 0 Å². The van der Waals surface area contributed by atoms with Gasteiger partial charge in [0.2, 0.25) is 0 Å². The molecule has 0 fully saturated rings. The second-order valence-electron chi connectivity index (χ2n) is 4.35. The molecule has 2 nitrogen and oxygen atoms in total. The van der Waals surface area contributed by atoms with E-state index in [0.29, 0.717) is 6.54 Å². The number of nitrogens with two attached hydrogens (primary N) is 1. The third-order valence-electron chi connectivity index (χ3n) is 3.27. The van der Waals surface area contributed by atoms with Crippen molar-refractivity contribution in [1.29, 1.82) is 0 Å². The molecule has 0 spiro atoms. The van der Waals surface area contributed by atoms with Gasteiger partial charge in [-0.05, 0) is 12.1 Å². The molecule has 0 aliphatic carbocycles. The van der Waals surface area contributed by atoms with Crippen LogP contribution in [-0.2, 0) is 6.54 Å². The molecule has 0 bridgehead atoms. The van der Waals surface area contributed by atoms with Crippen LogP contribution in [0.3, 0.4) is 0 Å². The first kappa shape index (κ1) is 11.1. The lowest BCUT2D eigenvalue weighted by Gasteiger charge is -2.03. The van der Waals surface area contributed by atoms with Gasteiger partial charge in [0.1, 0.15) is 0 Å². The van der Waals surface area contributed by atoms with Crippen molar-refractivity contribution in [3.8, 4) is 0 Å². The molecular formula is C16H16N2. The summed E-state index contributed by atoms with van der Waals surface area (Å²) in [4.78, 5) is 0. The summed E-state index contributed by atoms with van der Waals surface area (Å²) in [5.74, 6) is 0. The number of benzene rings is 2. The Labute approximate surface area is 106 Å². The zero-order valence-electron chi connectivity index (χ0n) is 10.2. The first-order chi connectivity index (χ1) is 8.92. The van der Waals surface area contributed by atoms with E-state index in [2.05, 4.69) is 59.2 Å². The van der Waals surface area contributed by atoms with Gasteiger partial charge < -0.3 is 10.3 Å². The van der Waals surface area contributed by atoms with Gasteiger partial charge in [0.25, 0.3) is 0 Å². The fourth-order valence-corrected chi connectivity index (χ4v) is 2.48. The predicted molar refractivity (Wildman–Crippen MR) is 77.6 cm³/mol. The highest BCUT2D eigenvalue weighted by molar-refractivity contribution is 6.07. The van der Waals surface area contributed by atoms with Crippen molar-refractivity contribution in [2.24, 2.45) is 5.73 Å². The van der Waals surface area contributed by atoms with Gasteiger partial charge in [-0.3, -0.25) is 0 Å². The molecule has 0 atom stereocenters. The van der Waals surface area contributed by atoms with Crippen LogP contribution in [0.4, 0.5) is 0 Å². The number of allylic oxidation sites excluding steroid dienone is 1. The summed E-state index contributed by atoms with van der Waals surface area (Å²) >= 11 is 0. The second-order valence-corrected chi connectivity index (χ2v) is 4.35. The van der Waals surface area contributed by atoms with E-state index < -0.39 is 0 Å². The Kier molecular flexibility index (Phi) is 2.87. The summed E-state index contributed by atoms with van der Waals surface area (Å²) in [6.45, 7) is 1.46. The third-order valence-corrected chi connectivity index (χ3v) is 3.27. The molecule has 0 unspecified atom stereocenters. The largest absolute Gasteiger partial charge is 0.337 e. The molecule has 90 valence electrons. The molecule has 0 saturated heterocycles. The monoisotopic (exact) mass is 236 g/mol. The lowest BCUT2D eigenvalue weighted by Crippen LogP contribution is -1.97. The van der Waals surface area contributed by atoms with E-state index in [1.165, 1.54) is 21.8 Å². The maximum atomic E-state index is 5.50. The minimum absolute atomic E-state index is 0.594. The van der Waals surface area contributed by atoms with Gasteiger partial charge in [0.15, 0.2) is 0 Å². The molecule has 0 amide bonds. The fourth-order valence-electron chi connectivity index (χ4n) is 2.48. The van der Waals surface area contributed by atoms with Crippen LogP contribution >= 0.6 is 0 Å². The number of nitrogens with zero attached hydrogens (tertiary/aromatic N) is 1. The number of para-hydroxylation sites is 2. The van der Waals surface area contributed by atoms with E-state index in [0.717, 1.165) is 6.54 Å². The van der Waals surface area contributed by atoms with Crippen LogP contribution in [0.15, 0.2) is 60.7 Å². The van der Waals surface area contributed by atoms with Crippen LogP contribution in [0.2, 0.25) is 0 Å². The third kappa shape index (κ3) is 1.71. The summed E-state index contributed by atoms with van der Waals surface area (Å²) in [7, 11) is 0. The van der Waals surface area contributed by atoms with Crippen molar-refractivity contribution >= 4 is 21.8 Å². The van der Waals surface area contributed by atoms with Crippen molar-refractivity contribution in [1.82, 2.24) is 4.57 Å². The quantitative estimate of drug-likeness (QED) is 0.695. The van der Waals surface area contributed by atoms with E-state index in [1.807, 2.05) is 6.08 Å². The molecule has 0 radical (unpaired) electrons. The zero-order chi connectivity index (χ0) is 12.4. The van der Waals surface area contributed by atoms with Crippen LogP contribution in [-0.4, -0.2) is 11.1 Å². The Morgan fingerprint density at radius 2 is 1.39 bits per heavy atom. The molecular weight excluding hydrogens is 220 g/mol. The van der Waals surface area contributed by atoms with Crippen molar-refractivity contribution in [3.05, 3.63) is 60.7 Å². The maximum absolute atomic E-state index is 5.50. The average Bonchev–Trinajstić information content (AvgIpc) is 2.74. The smallest absolute Gasteiger partial charge is 0.0494 e. The highest BCUT2D eigenvalue weighted by atomic mass is 15.0. The molecule has 2 N–H and O–H groups in total. The van der Waals surface area contributed by atoms with E-state index >= 15 is 0 Å². The number of aromatic nitrogens is 1. The van der Waals surface area contributed by atoms with Gasteiger partial charge in [-0.2, -0.15) is 0 Å². The summed E-state index contributed by atoms with van der Waals surface area (Å²) in [5, 5.41) is 2.63. The molecule has 0 aliphatic rings. The van der Waals surface area contributed by atoms with E-state index in [1.54, 1.807) is 0 Å². The number of rotatable bonds is 3. The summed E-state index contributed by atoms with van der Waals surface area (Å²) in [5.41, 5.74) is 8.05. The first-order valence-corrected chi connectivity index (χ1v) is 6.23. The Morgan fingerprint density at radius 3 is 1.94 bits per heavy atom. The van der Waals surface area contributed by atoms with Crippen molar-refractivity contribution < 1.29 is 0 Å². The summed E-state index contributed by atoms with van der Waals surface area (Å²) < 4.78 is 2.33. The van der Waals surface area contributed by atoms with Crippen LogP contribution in [0.5, 0.6) is 0 Å². The Morgan fingerprint density at radius 1 is 0.833 bits per heavy atom. The van der Waals surface area contributed by atoms with E-state index in [-0.39, 0.29) is 0 Å². The Bertz CT molecular complexity index is 654. The molecule has 1 heterocycles. The SMILES string of the molecule is NCC=CCn1c2ccccc2c2ccccc21. The Balaban J connectivity index is 2.27. The van der Waals surface area contributed by atoms with Crippen LogP contribution < -0.4 is 5.73 Å². The molecule has 18 heavy (non-hydrogen) atoms. The van der Waals surface area contributed by atoms with Crippen molar-refractivity contribution in [2.75, 3.05) is 6.54 Å². The normalized spacial score (nSPS) is 11.8. The number of hydrogen-bond donors (Lipinski definition) is 1. The predicted octanol–water partition coefficient (Wildman–Crippen LogP) is 3.31. The Hall–Kier alpha value is -2.06. The van der Waals surface area contributed by atoms with Gasteiger partial charge >= 0.3 is 0 Å². The van der Waals surface area contributed by atoms with E-state index in [9.17, 15) is 0 Å². The first-order valence-electron chi connectivity index (χ1n) is 6.23. The topological polar surface area (TPSA) is 30.9 Å². The molecule has 3 rings (SSSR count). The number of hydrogen-bond acceptors (Lipinski definition) is 1. The lowest BCUT2D eigenvalue weighted by molar-refractivity contribution is 0.895. The summed E-state index contributed by atoms with van der Waals surface area (Å²) in [6, 6.07) is 17.1. The minimum Gasteiger partial charge on any atom is -0.337 e. The van der Waals surface area contributed by atoms with Crippen molar-refractivity contribution in [2.45, 2.75) is 6.54 Å². The molecule has 0 aliphatic heterocycles. The summed E-state index contributed by atoms with van der Waals surface area (Å²) in [6.07, 6.45) is 4.13. The molecule has 0 saturated carbocycles. The van der Waals surface area contributed by atoms with Crippen LogP contribution in [0.1, 0.15) is 0 Å². The van der Waals surface area contributed by atoms with Gasteiger partial charge in [-0.15, -0.1) is 0 Å². The lowest BCUT2D eigenvalue weighted by atomic mass is 10.2. The highest BCUT2D eigenvalue weighted by Gasteiger charge is 2.07. The minimum atomic E-state index is 0.594. The highest BCUT2D eigenvalue weighted by Crippen LogP contribution is 2.28. The second kappa shape index (κ2) is 4.67. The molecule has 1 aromatic heterocycles. The number of fused-ring (bicyclic) bond motifs is 3. The van der Waals surface area contributed by atoms with Crippen LogP contribution in [0, 0.1) is 0 Å².